The Labute approximate surface area is 288 Å². The molecule has 0 spiro atoms. The van der Waals surface area contributed by atoms with Gasteiger partial charge in [-0.3, -0.25) is 0 Å². The zero-order valence-electron chi connectivity index (χ0n) is 27.0. The topological polar surface area (TPSA) is 48.5 Å². The Balaban J connectivity index is 1.30. The molecule has 0 bridgehead atoms. The lowest BCUT2D eigenvalue weighted by Gasteiger charge is -2.10. The standard InChI is InChI=1S/C45H29N5/c1-4-15-30(16-5-1)43-46-44(31-17-6-2-7-18-31)48-45(47-43)36-23-14-26-41-42(36)37-29-33(27-28-40(37)49(41)32-19-8-3-9-20-32)50-38-24-12-10-21-34(38)35-22-11-13-25-39(35)50/h1-29H. The first kappa shape index (κ1) is 28.2. The van der Waals surface area contributed by atoms with E-state index in [1.807, 2.05) is 60.7 Å². The van der Waals surface area contributed by atoms with E-state index in [4.69, 9.17) is 15.0 Å². The van der Waals surface area contributed by atoms with Crippen molar-refractivity contribution >= 4 is 43.6 Å². The summed E-state index contributed by atoms with van der Waals surface area (Å²) in [5.74, 6) is 1.92. The minimum absolute atomic E-state index is 0.637. The first-order valence-electron chi connectivity index (χ1n) is 16.8. The Morgan fingerprint density at radius 3 is 1.42 bits per heavy atom. The molecule has 50 heavy (non-hydrogen) atoms. The van der Waals surface area contributed by atoms with Crippen molar-refractivity contribution in [2.75, 3.05) is 0 Å². The SMILES string of the molecule is c1ccc(-c2nc(-c3ccccc3)nc(-c3cccc4c3c3cc(-n5c6ccccc6c6ccccc65)ccc3n4-c3ccccc3)n2)cc1. The van der Waals surface area contributed by atoms with Crippen molar-refractivity contribution in [3.63, 3.8) is 0 Å². The summed E-state index contributed by atoms with van der Waals surface area (Å²) >= 11 is 0. The van der Waals surface area contributed by atoms with Crippen LogP contribution in [-0.2, 0) is 0 Å². The monoisotopic (exact) mass is 639 g/mol. The van der Waals surface area contributed by atoms with E-state index in [-0.39, 0.29) is 0 Å². The molecule has 0 saturated carbocycles. The van der Waals surface area contributed by atoms with Crippen LogP contribution >= 0.6 is 0 Å². The Morgan fingerprint density at radius 1 is 0.320 bits per heavy atom. The summed E-state index contributed by atoms with van der Waals surface area (Å²) < 4.78 is 4.73. The number of aromatic nitrogens is 5. The Kier molecular flexibility index (Phi) is 6.42. The highest BCUT2D eigenvalue weighted by Gasteiger charge is 2.21. The zero-order valence-corrected chi connectivity index (χ0v) is 27.0. The normalized spacial score (nSPS) is 11.6. The van der Waals surface area contributed by atoms with Gasteiger partial charge in [0, 0.05) is 49.6 Å². The molecule has 0 fully saturated rings. The Hall–Kier alpha value is -6.85. The fraction of sp³-hybridized carbons (Fsp3) is 0. The summed E-state index contributed by atoms with van der Waals surface area (Å²) in [4.78, 5) is 15.3. The fourth-order valence-corrected chi connectivity index (χ4v) is 7.37. The number of nitrogens with zero attached hydrogens (tertiary/aromatic N) is 5. The molecule has 10 aromatic rings. The summed E-state index contributed by atoms with van der Waals surface area (Å²) in [6, 6.07) is 61.4. The lowest BCUT2D eigenvalue weighted by Crippen LogP contribution is -2.00. The molecule has 0 aliphatic heterocycles. The van der Waals surface area contributed by atoms with Crippen LogP contribution in [-0.4, -0.2) is 24.1 Å². The molecule has 0 radical (unpaired) electrons. The van der Waals surface area contributed by atoms with Crippen molar-refractivity contribution in [3.8, 4) is 45.5 Å². The van der Waals surface area contributed by atoms with Crippen LogP contribution in [0, 0.1) is 0 Å². The minimum Gasteiger partial charge on any atom is -0.309 e. The third-order valence-electron chi connectivity index (χ3n) is 9.57. The van der Waals surface area contributed by atoms with E-state index in [0.29, 0.717) is 17.5 Å². The Bertz CT molecular complexity index is 2740. The molecular formula is C45H29N5. The van der Waals surface area contributed by atoms with Gasteiger partial charge in [0.15, 0.2) is 17.5 Å². The van der Waals surface area contributed by atoms with Crippen molar-refractivity contribution in [1.29, 1.82) is 0 Å². The van der Waals surface area contributed by atoms with Gasteiger partial charge >= 0.3 is 0 Å². The van der Waals surface area contributed by atoms with E-state index in [9.17, 15) is 0 Å². The van der Waals surface area contributed by atoms with Crippen LogP contribution in [0.5, 0.6) is 0 Å². The largest absolute Gasteiger partial charge is 0.309 e. The first-order chi connectivity index (χ1) is 24.8. The minimum atomic E-state index is 0.637. The van der Waals surface area contributed by atoms with Crippen molar-refractivity contribution < 1.29 is 0 Å². The molecule has 5 nitrogen and oxygen atoms in total. The number of para-hydroxylation sites is 3. The predicted octanol–water partition coefficient (Wildman–Crippen LogP) is 11.1. The van der Waals surface area contributed by atoms with E-state index in [0.717, 1.165) is 49.9 Å². The molecule has 0 aliphatic carbocycles. The molecule has 10 rings (SSSR count). The van der Waals surface area contributed by atoms with E-state index in [1.165, 1.54) is 21.8 Å². The third-order valence-corrected chi connectivity index (χ3v) is 9.57. The highest BCUT2D eigenvalue weighted by Crippen LogP contribution is 2.40. The molecule has 5 heteroatoms. The van der Waals surface area contributed by atoms with Gasteiger partial charge in [-0.1, -0.05) is 127 Å². The van der Waals surface area contributed by atoms with Crippen LogP contribution in [0.2, 0.25) is 0 Å². The summed E-state index contributed by atoms with van der Waals surface area (Å²) in [6.45, 7) is 0. The van der Waals surface area contributed by atoms with E-state index < -0.39 is 0 Å². The number of hydrogen-bond donors (Lipinski definition) is 0. The highest BCUT2D eigenvalue weighted by molar-refractivity contribution is 6.16. The highest BCUT2D eigenvalue weighted by atomic mass is 15.0. The van der Waals surface area contributed by atoms with E-state index in [2.05, 4.69) is 124 Å². The molecule has 7 aromatic carbocycles. The second kappa shape index (κ2) is 11.4. The summed E-state index contributed by atoms with van der Waals surface area (Å²) in [6.07, 6.45) is 0. The van der Waals surface area contributed by atoms with Gasteiger partial charge in [-0.05, 0) is 48.5 Å². The van der Waals surface area contributed by atoms with Crippen molar-refractivity contribution in [1.82, 2.24) is 24.1 Å². The number of fused-ring (bicyclic) bond motifs is 6. The lowest BCUT2D eigenvalue weighted by atomic mass is 10.0. The lowest BCUT2D eigenvalue weighted by molar-refractivity contribution is 1.08. The van der Waals surface area contributed by atoms with Gasteiger partial charge in [-0.15, -0.1) is 0 Å². The third kappa shape index (κ3) is 4.45. The van der Waals surface area contributed by atoms with Crippen LogP contribution in [0.15, 0.2) is 176 Å². The molecule has 0 aliphatic rings. The summed E-state index contributed by atoms with van der Waals surface area (Å²) in [5, 5.41) is 4.70. The maximum atomic E-state index is 5.16. The summed E-state index contributed by atoms with van der Waals surface area (Å²) in [7, 11) is 0. The molecule has 0 N–H and O–H groups in total. The quantitative estimate of drug-likeness (QED) is 0.188. The van der Waals surface area contributed by atoms with Gasteiger partial charge in [0.25, 0.3) is 0 Å². The molecule has 3 heterocycles. The van der Waals surface area contributed by atoms with Crippen LogP contribution in [0.4, 0.5) is 0 Å². The number of rotatable bonds is 5. The Morgan fingerprint density at radius 2 is 0.800 bits per heavy atom. The maximum Gasteiger partial charge on any atom is 0.164 e. The van der Waals surface area contributed by atoms with Crippen LogP contribution < -0.4 is 0 Å². The van der Waals surface area contributed by atoms with E-state index >= 15 is 0 Å². The van der Waals surface area contributed by atoms with Crippen molar-refractivity contribution in [2.45, 2.75) is 0 Å². The van der Waals surface area contributed by atoms with Crippen molar-refractivity contribution in [3.05, 3.63) is 176 Å². The van der Waals surface area contributed by atoms with Gasteiger partial charge in [0.05, 0.1) is 22.1 Å². The summed E-state index contributed by atoms with van der Waals surface area (Å²) in [5.41, 5.74) is 9.60. The molecule has 0 saturated heterocycles. The maximum absolute atomic E-state index is 5.16. The predicted molar refractivity (Wildman–Crippen MR) is 205 cm³/mol. The van der Waals surface area contributed by atoms with Crippen molar-refractivity contribution in [2.24, 2.45) is 0 Å². The molecule has 0 unspecified atom stereocenters. The van der Waals surface area contributed by atoms with Crippen LogP contribution in [0.25, 0.3) is 89.2 Å². The number of benzene rings is 7. The molecule has 3 aromatic heterocycles. The first-order valence-corrected chi connectivity index (χ1v) is 16.8. The van der Waals surface area contributed by atoms with Gasteiger partial charge in [0.1, 0.15) is 0 Å². The second-order valence-corrected chi connectivity index (χ2v) is 12.5. The number of hydrogen-bond acceptors (Lipinski definition) is 3. The molecular weight excluding hydrogens is 611 g/mol. The van der Waals surface area contributed by atoms with E-state index in [1.54, 1.807) is 0 Å². The average Bonchev–Trinajstić information content (AvgIpc) is 3.71. The molecule has 234 valence electrons. The van der Waals surface area contributed by atoms with Gasteiger partial charge in [0.2, 0.25) is 0 Å². The second-order valence-electron chi connectivity index (χ2n) is 12.5. The zero-order chi connectivity index (χ0) is 33.0. The fourth-order valence-electron chi connectivity index (χ4n) is 7.37. The van der Waals surface area contributed by atoms with Gasteiger partial charge in [-0.2, -0.15) is 0 Å². The van der Waals surface area contributed by atoms with Crippen LogP contribution in [0.1, 0.15) is 0 Å². The van der Waals surface area contributed by atoms with Gasteiger partial charge < -0.3 is 9.13 Å². The average molecular weight is 640 g/mol. The molecule has 0 atom stereocenters. The van der Waals surface area contributed by atoms with Crippen LogP contribution in [0.3, 0.4) is 0 Å². The smallest absolute Gasteiger partial charge is 0.164 e. The molecule has 0 amide bonds. The van der Waals surface area contributed by atoms with Gasteiger partial charge in [-0.25, -0.2) is 15.0 Å².